The van der Waals surface area contributed by atoms with Crippen LogP contribution in [0.4, 0.5) is 0 Å². The highest BCUT2D eigenvalue weighted by Crippen LogP contribution is 2.07. The maximum Gasteiger partial charge on any atom is 0.320 e. The number of carboxylic acid groups (broad SMARTS) is 1. The molecule has 0 aliphatic carbocycles. The fraction of sp³-hybridized carbons (Fsp3) is 0.889. The number of sulfonamides is 1. The van der Waals surface area contributed by atoms with Crippen molar-refractivity contribution >= 4 is 16.0 Å². The SMILES string of the molecule is CC(C)CCC(C)NS(=O)(=O)CC(=O)O. The zero-order chi connectivity index (χ0) is 12.1. The van der Waals surface area contributed by atoms with Crippen molar-refractivity contribution in [1.82, 2.24) is 4.72 Å². The maximum atomic E-state index is 11.2. The lowest BCUT2D eigenvalue weighted by molar-refractivity contribution is -0.134. The van der Waals surface area contributed by atoms with Crippen LogP contribution < -0.4 is 4.72 Å². The summed E-state index contributed by atoms with van der Waals surface area (Å²) in [5, 5.41) is 8.36. The minimum absolute atomic E-state index is 0.211. The van der Waals surface area contributed by atoms with Crippen LogP contribution in [0.15, 0.2) is 0 Å². The van der Waals surface area contributed by atoms with Crippen LogP contribution in [0.3, 0.4) is 0 Å². The van der Waals surface area contributed by atoms with Gasteiger partial charge in [0.05, 0.1) is 0 Å². The summed E-state index contributed by atoms with van der Waals surface area (Å²) in [5.41, 5.74) is 0. The molecule has 2 N–H and O–H groups in total. The van der Waals surface area contributed by atoms with Gasteiger partial charge in [0, 0.05) is 6.04 Å². The Labute approximate surface area is 90.9 Å². The van der Waals surface area contributed by atoms with Gasteiger partial charge in [-0.25, -0.2) is 13.1 Å². The highest BCUT2D eigenvalue weighted by Gasteiger charge is 2.18. The Morgan fingerprint density at radius 1 is 1.27 bits per heavy atom. The smallest absolute Gasteiger partial charge is 0.320 e. The van der Waals surface area contributed by atoms with E-state index in [0.717, 1.165) is 12.8 Å². The first-order chi connectivity index (χ1) is 6.73. The van der Waals surface area contributed by atoms with E-state index in [-0.39, 0.29) is 6.04 Å². The summed E-state index contributed by atoms with van der Waals surface area (Å²) in [7, 11) is -3.68. The van der Waals surface area contributed by atoms with E-state index in [4.69, 9.17) is 5.11 Å². The van der Waals surface area contributed by atoms with E-state index in [0.29, 0.717) is 5.92 Å². The number of hydrogen-bond donors (Lipinski definition) is 2. The molecule has 0 aliphatic heterocycles. The van der Waals surface area contributed by atoms with E-state index in [2.05, 4.69) is 18.6 Å². The van der Waals surface area contributed by atoms with E-state index in [9.17, 15) is 13.2 Å². The standard InChI is InChI=1S/C9H19NO4S/c1-7(2)4-5-8(3)10-15(13,14)6-9(11)12/h7-8,10H,4-6H2,1-3H3,(H,11,12). The van der Waals surface area contributed by atoms with Crippen molar-refractivity contribution in [3.8, 4) is 0 Å². The predicted molar refractivity (Wildman–Crippen MR) is 58.1 cm³/mol. The van der Waals surface area contributed by atoms with Crippen LogP contribution >= 0.6 is 0 Å². The molecule has 0 aromatic rings. The van der Waals surface area contributed by atoms with Gasteiger partial charge in [0.1, 0.15) is 0 Å². The molecule has 1 atom stereocenters. The van der Waals surface area contributed by atoms with Gasteiger partial charge in [-0.3, -0.25) is 4.79 Å². The molecule has 6 heteroatoms. The summed E-state index contributed by atoms with van der Waals surface area (Å²) in [5.74, 6) is -1.69. The topological polar surface area (TPSA) is 83.5 Å². The van der Waals surface area contributed by atoms with Gasteiger partial charge in [0.2, 0.25) is 10.0 Å². The normalized spacial score (nSPS) is 14.1. The predicted octanol–water partition coefficient (Wildman–Crippen LogP) is 0.815. The average molecular weight is 237 g/mol. The third-order valence-corrected chi connectivity index (χ3v) is 3.26. The molecule has 0 bridgehead atoms. The Kier molecular flexibility index (Phi) is 5.82. The van der Waals surface area contributed by atoms with Crippen molar-refractivity contribution in [3.63, 3.8) is 0 Å². The summed E-state index contributed by atoms with van der Waals surface area (Å²) >= 11 is 0. The zero-order valence-electron chi connectivity index (χ0n) is 9.36. The Hall–Kier alpha value is -0.620. The molecular weight excluding hydrogens is 218 g/mol. The van der Waals surface area contributed by atoms with Crippen molar-refractivity contribution in [2.45, 2.75) is 39.7 Å². The first kappa shape index (κ1) is 14.4. The third-order valence-electron chi connectivity index (χ3n) is 1.87. The van der Waals surface area contributed by atoms with Crippen LogP contribution in [0.5, 0.6) is 0 Å². The number of aliphatic carboxylic acids is 1. The molecule has 0 spiro atoms. The van der Waals surface area contributed by atoms with Crippen molar-refractivity contribution < 1.29 is 18.3 Å². The summed E-state index contributed by atoms with van der Waals surface area (Å²) in [6.45, 7) is 5.85. The van der Waals surface area contributed by atoms with Gasteiger partial charge in [-0.2, -0.15) is 0 Å². The summed E-state index contributed by atoms with van der Waals surface area (Å²) in [6.07, 6.45) is 1.63. The van der Waals surface area contributed by atoms with Crippen molar-refractivity contribution in [2.24, 2.45) is 5.92 Å². The second kappa shape index (κ2) is 6.07. The lowest BCUT2D eigenvalue weighted by Crippen LogP contribution is -2.36. The number of carboxylic acids is 1. The molecule has 0 amide bonds. The summed E-state index contributed by atoms with van der Waals surface area (Å²) < 4.78 is 24.7. The molecule has 1 unspecified atom stereocenters. The Morgan fingerprint density at radius 3 is 2.20 bits per heavy atom. The van der Waals surface area contributed by atoms with Gasteiger partial charge in [0.25, 0.3) is 0 Å². The molecule has 5 nitrogen and oxygen atoms in total. The highest BCUT2D eigenvalue weighted by molar-refractivity contribution is 7.90. The van der Waals surface area contributed by atoms with Crippen LogP contribution in [0.2, 0.25) is 0 Å². The zero-order valence-corrected chi connectivity index (χ0v) is 10.2. The minimum Gasteiger partial charge on any atom is -0.480 e. The number of rotatable bonds is 7. The van der Waals surface area contributed by atoms with Gasteiger partial charge in [-0.05, 0) is 25.7 Å². The fourth-order valence-corrected chi connectivity index (χ4v) is 2.29. The van der Waals surface area contributed by atoms with Crippen molar-refractivity contribution in [3.05, 3.63) is 0 Å². The molecular formula is C9H19NO4S. The Bertz CT molecular complexity index is 297. The first-order valence-corrected chi connectivity index (χ1v) is 6.60. The minimum atomic E-state index is -3.68. The van der Waals surface area contributed by atoms with E-state index in [1.54, 1.807) is 6.92 Å². The van der Waals surface area contributed by atoms with Crippen LogP contribution in [0.25, 0.3) is 0 Å². The van der Waals surface area contributed by atoms with Crippen LogP contribution in [0.1, 0.15) is 33.6 Å². The first-order valence-electron chi connectivity index (χ1n) is 4.94. The van der Waals surface area contributed by atoms with E-state index >= 15 is 0 Å². The molecule has 0 aromatic heterocycles. The Morgan fingerprint density at radius 2 is 1.80 bits per heavy atom. The second-order valence-electron chi connectivity index (χ2n) is 4.14. The van der Waals surface area contributed by atoms with E-state index in [1.807, 2.05) is 0 Å². The van der Waals surface area contributed by atoms with Crippen LogP contribution in [0, 0.1) is 5.92 Å². The molecule has 0 aliphatic rings. The maximum absolute atomic E-state index is 11.2. The van der Waals surface area contributed by atoms with Crippen molar-refractivity contribution in [1.29, 1.82) is 0 Å². The number of hydrogen-bond acceptors (Lipinski definition) is 3. The van der Waals surface area contributed by atoms with Crippen LogP contribution in [-0.4, -0.2) is 31.3 Å². The summed E-state index contributed by atoms with van der Waals surface area (Å²) in [4.78, 5) is 10.2. The molecule has 0 rings (SSSR count). The van der Waals surface area contributed by atoms with Gasteiger partial charge in [-0.15, -0.1) is 0 Å². The molecule has 0 radical (unpaired) electrons. The van der Waals surface area contributed by atoms with Crippen LogP contribution in [-0.2, 0) is 14.8 Å². The van der Waals surface area contributed by atoms with Gasteiger partial charge in [-0.1, -0.05) is 13.8 Å². The molecule has 0 aromatic carbocycles. The second-order valence-corrected chi connectivity index (χ2v) is 5.90. The lowest BCUT2D eigenvalue weighted by atomic mass is 10.1. The van der Waals surface area contributed by atoms with E-state index < -0.39 is 21.7 Å². The molecule has 0 saturated heterocycles. The quantitative estimate of drug-likeness (QED) is 0.686. The molecule has 90 valence electrons. The largest absolute Gasteiger partial charge is 0.480 e. The third kappa shape index (κ3) is 8.38. The highest BCUT2D eigenvalue weighted by atomic mass is 32.2. The monoisotopic (exact) mass is 237 g/mol. The lowest BCUT2D eigenvalue weighted by Gasteiger charge is -2.14. The van der Waals surface area contributed by atoms with Gasteiger partial charge < -0.3 is 5.11 Å². The fourth-order valence-electron chi connectivity index (χ4n) is 1.15. The number of nitrogens with one attached hydrogen (secondary N) is 1. The van der Waals surface area contributed by atoms with Crippen molar-refractivity contribution in [2.75, 3.05) is 5.75 Å². The molecule has 15 heavy (non-hydrogen) atoms. The molecule has 0 heterocycles. The molecule has 0 fully saturated rings. The van der Waals surface area contributed by atoms with Gasteiger partial charge >= 0.3 is 5.97 Å². The van der Waals surface area contributed by atoms with E-state index in [1.165, 1.54) is 0 Å². The molecule has 0 saturated carbocycles. The number of carbonyl (C=O) groups is 1. The average Bonchev–Trinajstić information content (AvgIpc) is 1.96. The van der Waals surface area contributed by atoms with Gasteiger partial charge in [0.15, 0.2) is 5.75 Å². The summed E-state index contributed by atoms with van der Waals surface area (Å²) in [6, 6.07) is -0.211. The Balaban J connectivity index is 4.05.